The molecule has 4 rings (SSSR count). The first-order chi connectivity index (χ1) is 15.5. The monoisotopic (exact) mass is 428 g/mol. The van der Waals surface area contributed by atoms with Gasteiger partial charge in [0.15, 0.2) is 5.78 Å². The average Bonchev–Trinajstić information content (AvgIpc) is 2.80. The van der Waals surface area contributed by atoms with E-state index in [4.69, 9.17) is 0 Å². The lowest BCUT2D eigenvalue weighted by Crippen LogP contribution is -2.62. The molecule has 0 spiro atoms. The molecule has 0 radical (unpaired) electrons. The predicted molar refractivity (Wildman–Crippen MR) is 120 cm³/mol. The number of nitrogens with one attached hydrogen (secondary N) is 1. The van der Waals surface area contributed by atoms with Gasteiger partial charge >= 0.3 is 6.03 Å². The summed E-state index contributed by atoms with van der Waals surface area (Å²) < 4.78 is 0. The van der Waals surface area contributed by atoms with Crippen LogP contribution < -0.4 is 5.32 Å². The molecule has 4 atom stereocenters. The van der Waals surface area contributed by atoms with E-state index in [1.54, 1.807) is 60.7 Å². The number of benzene rings is 2. The number of Topliss-reactive ketones (excluding diaryl/α,β-unsaturated/α-hetero) is 1. The second-order valence-corrected chi connectivity index (χ2v) is 8.11. The zero-order valence-electron chi connectivity index (χ0n) is 17.7. The summed E-state index contributed by atoms with van der Waals surface area (Å²) >= 11 is 0. The number of allylic oxidation sites excluding steroid dienone is 2. The van der Waals surface area contributed by atoms with E-state index in [1.807, 2.05) is 31.2 Å². The minimum atomic E-state index is -1.19. The number of imide groups is 2. The summed E-state index contributed by atoms with van der Waals surface area (Å²) in [5.74, 6) is -3.40. The quantitative estimate of drug-likeness (QED) is 0.559. The lowest BCUT2D eigenvalue weighted by molar-refractivity contribution is -0.144. The molecule has 1 aliphatic carbocycles. The van der Waals surface area contributed by atoms with Crippen LogP contribution >= 0.6 is 0 Å². The molecular formula is C26H24N2O4. The number of nitrogens with zero attached hydrogens (tertiary/aromatic N) is 1. The highest BCUT2D eigenvalue weighted by Gasteiger charge is 2.48. The Labute approximate surface area is 186 Å². The van der Waals surface area contributed by atoms with Gasteiger partial charge in [0.25, 0.3) is 0 Å². The molecular weight excluding hydrogens is 404 g/mol. The summed E-state index contributed by atoms with van der Waals surface area (Å²) in [4.78, 5) is 53.4. The Balaban J connectivity index is 1.70. The van der Waals surface area contributed by atoms with Crippen LogP contribution in [0.3, 0.4) is 0 Å². The van der Waals surface area contributed by atoms with Crippen molar-refractivity contribution >= 4 is 23.6 Å². The van der Waals surface area contributed by atoms with E-state index in [-0.39, 0.29) is 18.1 Å². The summed E-state index contributed by atoms with van der Waals surface area (Å²) in [5.41, 5.74) is 1.21. The van der Waals surface area contributed by atoms with Gasteiger partial charge in [-0.3, -0.25) is 24.6 Å². The Morgan fingerprint density at radius 1 is 0.938 bits per heavy atom. The second kappa shape index (κ2) is 9.14. The largest absolute Gasteiger partial charge is 0.331 e. The van der Waals surface area contributed by atoms with Gasteiger partial charge in [-0.25, -0.2) is 4.79 Å². The van der Waals surface area contributed by atoms with E-state index in [1.165, 1.54) is 0 Å². The molecule has 32 heavy (non-hydrogen) atoms. The SMILES string of the molecule is CC1C=CC=CC1N1C(=O)NC(=O)C(C(CC(=O)c2ccccc2)c2ccccc2)C1=O. The summed E-state index contributed by atoms with van der Waals surface area (Å²) in [6.45, 7) is 1.91. The highest BCUT2D eigenvalue weighted by Crippen LogP contribution is 2.35. The maximum atomic E-state index is 13.6. The number of hydrogen-bond acceptors (Lipinski definition) is 4. The third-order valence-electron chi connectivity index (χ3n) is 6.04. The van der Waals surface area contributed by atoms with Gasteiger partial charge in [-0.15, -0.1) is 0 Å². The summed E-state index contributed by atoms with van der Waals surface area (Å²) in [6, 6.07) is 16.6. The zero-order chi connectivity index (χ0) is 22.7. The molecule has 1 aliphatic heterocycles. The molecule has 1 fully saturated rings. The summed E-state index contributed by atoms with van der Waals surface area (Å²) in [7, 11) is 0. The lowest BCUT2D eigenvalue weighted by atomic mass is 9.78. The highest BCUT2D eigenvalue weighted by molar-refractivity contribution is 6.17. The number of barbiturate groups is 1. The van der Waals surface area contributed by atoms with Gasteiger partial charge < -0.3 is 0 Å². The van der Waals surface area contributed by atoms with Gasteiger partial charge in [-0.05, 0) is 11.5 Å². The normalized spacial score (nSPS) is 23.7. The lowest BCUT2D eigenvalue weighted by Gasteiger charge is -2.39. The molecule has 1 heterocycles. The van der Waals surface area contributed by atoms with E-state index in [2.05, 4.69) is 5.32 Å². The maximum absolute atomic E-state index is 13.6. The van der Waals surface area contributed by atoms with Crippen molar-refractivity contribution in [2.75, 3.05) is 0 Å². The van der Waals surface area contributed by atoms with Gasteiger partial charge in [0.05, 0.1) is 6.04 Å². The number of carbonyl (C=O) groups excluding carboxylic acids is 4. The molecule has 0 saturated carbocycles. The van der Waals surface area contributed by atoms with E-state index >= 15 is 0 Å². The Morgan fingerprint density at radius 2 is 1.56 bits per heavy atom. The molecule has 6 nitrogen and oxygen atoms in total. The summed E-state index contributed by atoms with van der Waals surface area (Å²) in [5, 5.41) is 2.35. The van der Waals surface area contributed by atoms with Crippen molar-refractivity contribution in [3.63, 3.8) is 0 Å². The molecule has 162 valence electrons. The molecule has 2 aromatic carbocycles. The number of carbonyl (C=O) groups is 4. The van der Waals surface area contributed by atoms with E-state index in [9.17, 15) is 19.2 Å². The minimum absolute atomic E-state index is 0.0319. The Hall–Kier alpha value is -3.80. The Morgan fingerprint density at radius 3 is 2.22 bits per heavy atom. The number of amides is 4. The van der Waals surface area contributed by atoms with Crippen LogP contribution in [0.15, 0.2) is 85.0 Å². The molecule has 2 aliphatic rings. The number of ketones is 1. The van der Waals surface area contributed by atoms with Gasteiger partial charge in [-0.1, -0.05) is 91.9 Å². The third-order valence-corrected chi connectivity index (χ3v) is 6.04. The fraction of sp³-hybridized carbons (Fsp3) is 0.231. The third kappa shape index (κ3) is 4.17. The smallest absolute Gasteiger partial charge is 0.294 e. The van der Waals surface area contributed by atoms with Gasteiger partial charge in [0.1, 0.15) is 5.92 Å². The maximum Gasteiger partial charge on any atom is 0.331 e. The molecule has 1 N–H and O–H groups in total. The topological polar surface area (TPSA) is 83.6 Å². The molecule has 0 aromatic heterocycles. The van der Waals surface area contributed by atoms with Crippen molar-refractivity contribution in [1.82, 2.24) is 10.2 Å². The Bertz CT molecular complexity index is 1090. The van der Waals surface area contributed by atoms with Crippen molar-refractivity contribution in [2.24, 2.45) is 11.8 Å². The van der Waals surface area contributed by atoms with Crippen LogP contribution in [0.25, 0.3) is 0 Å². The van der Waals surface area contributed by atoms with Crippen LogP contribution in [-0.4, -0.2) is 34.6 Å². The predicted octanol–water partition coefficient (Wildman–Crippen LogP) is 3.87. The first-order valence-electron chi connectivity index (χ1n) is 10.6. The van der Waals surface area contributed by atoms with Crippen molar-refractivity contribution in [2.45, 2.75) is 25.3 Å². The summed E-state index contributed by atoms with van der Waals surface area (Å²) in [6.07, 6.45) is 7.30. The van der Waals surface area contributed by atoms with Crippen molar-refractivity contribution in [3.8, 4) is 0 Å². The molecule has 2 aromatic rings. The number of urea groups is 1. The van der Waals surface area contributed by atoms with Gasteiger partial charge in [-0.2, -0.15) is 0 Å². The van der Waals surface area contributed by atoms with Crippen molar-refractivity contribution in [3.05, 3.63) is 96.1 Å². The molecule has 4 amide bonds. The van der Waals surface area contributed by atoms with Crippen LogP contribution in [-0.2, 0) is 9.59 Å². The van der Waals surface area contributed by atoms with Crippen LogP contribution in [0.1, 0.15) is 35.2 Å². The second-order valence-electron chi connectivity index (χ2n) is 8.11. The molecule has 6 heteroatoms. The highest BCUT2D eigenvalue weighted by atomic mass is 16.2. The van der Waals surface area contributed by atoms with Crippen LogP contribution in [0, 0.1) is 11.8 Å². The van der Waals surface area contributed by atoms with Crippen molar-refractivity contribution in [1.29, 1.82) is 0 Å². The Kier molecular flexibility index (Phi) is 6.12. The molecule has 0 bridgehead atoms. The first-order valence-corrected chi connectivity index (χ1v) is 10.6. The standard InChI is InChI=1S/C26H24N2O4/c1-17-10-8-9-15-21(17)28-25(31)23(24(30)27-26(28)32)20(18-11-4-2-5-12-18)16-22(29)19-13-6-3-7-14-19/h2-15,17,20-21,23H,16H2,1H3,(H,27,30,32). The number of hydrogen-bond donors (Lipinski definition) is 1. The van der Waals surface area contributed by atoms with Crippen molar-refractivity contribution < 1.29 is 19.2 Å². The average molecular weight is 428 g/mol. The number of rotatable bonds is 6. The van der Waals surface area contributed by atoms with Gasteiger partial charge in [0, 0.05) is 17.9 Å². The van der Waals surface area contributed by atoms with Crippen LogP contribution in [0.4, 0.5) is 4.79 Å². The fourth-order valence-corrected chi connectivity index (χ4v) is 4.34. The zero-order valence-corrected chi connectivity index (χ0v) is 17.7. The van der Waals surface area contributed by atoms with E-state index in [0.717, 1.165) is 4.90 Å². The minimum Gasteiger partial charge on any atom is -0.294 e. The van der Waals surface area contributed by atoms with E-state index in [0.29, 0.717) is 11.1 Å². The van der Waals surface area contributed by atoms with Crippen LogP contribution in [0.5, 0.6) is 0 Å². The molecule has 1 saturated heterocycles. The first kappa shape index (κ1) is 21.4. The van der Waals surface area contributed by atoms with Crippen LogP contribution in [0.2, 0.25) is 0 Å². The van der Waals surface area contributed by atoms with Gasteiger partial charge in [0.2, 0.25) is 11.8 Å². The fourth-order valence-electron chi connectivity index (χ4n) is 4.34. The van der Waals surface area contributed by atoms with E-state index < -0.39 is 35.7 Å². The molecule has 4 unspecified atom stereocenters.